The monoisotopic (exact) mass is 390 g/mol. The maximum Gasteiger partial charge on any atom is 0.0333 e. The Bertz CT molecular complexity index is 322. The van der Waals surface area contributed by atoms with E-state index in [1.165, 1.54) is 0 Å². The van der Waals surface area contributed by atoms with E-state index < -0.39 is 43.6 Å². The summed E-state index contributed by atoms with van der Waals surface area (Å²) in [7, 11) is -4.13. The summed E-state index contributed by atoms with van der Waals surface area (Å²) in [4.78, 5) is 0. The van der Waals surface area contributed by atoms with Gasteiger partial charge in [0.2, 0.25) is 0 Å². The van der Waals surface area contributed by atoms with Gasteiger partial charge in [-0.15, -0.1) is 0 Å². The van der Waals surface area contributed by atoms with Crippen molar-refractivity contribution < 1.29 is 0 Å². The molecule has 0 amide bonds. The predicted octanol–water partition coefficient (Wildman–Crippen LogP) is 6.03. The lowest BCUT2D eigenvalue weighted by atomic mass is 10.6. The van der Waals surface area contributed by atoms with E-state index in [9.17, 15) is 0 Å². The van der Waals surface area contributed by atoms with Crippen molar-refractivity contribution in [2.24, 2.45) is 0 Å². The fraction of sp³-hybridized carbons (Fsp3) is 1.00. The molecular formula is C15H42Si6. The van der Waals surface area contributed by atoms with E-state index >= 15 is 0 Å². The number of hydrogen-bond donors (Lipinski definition) is 0. The third kappa shape index (κ3) is 2.69. The molecule has 0 unspecified atom stereocenters. The van der Waals surface area contributed by atoms with Gasteiger partial charge in [0.05, 0.1) is 0 Å². The Hall–Kier alpha value is 1.30. The fourth-order valence-corrected chi connectivity index (χ4v) is 238. The molecule has 0 saturated carbocycles. The second-order valence-corrected chi connectivity index (χ2v) is 76.6. The minimum Gasteiger partial charge on any atom is -0.0719 e. The van der Waals surface area contributed by atoms with Crippen LogP contribution in [0.4, 0.5) is 0 Å². The van der Waals surface area contributed by atoms with Crippen LogP contribution >= 0.6 is 0 Å². The van der Waals surface area contributed by atoms with E-state index in [0.29, 0.717) is 0 Å². The normalized spacial score (nSPS) is 23.4. The molecule has 0 aliphatic carbocycles. The highest BCUT2D eigenvalue weighted by Crippen LogP contribution is 2.54. The van der Waals surface area contributed by atoms with Gasteiger partial charge < -0.3 is 0 Å². The van der Waals surface area contributed by atoms with E-state index in [1.54, 1.807) is 18.5 Å². The van der Waals surface area contributed by atoms with Crippen LogP contribution in [0.15, 0.2) is 0 Å². The molecule has 0 N–H and O–H groups in total. The molecule has 0 aromatic heterocycles. The largest absolute Gasteiger partial charge is 0.0719 e. The van der Waals surface area contributed by atoms with Gasteiger partial charge in [-0.3, -0.25) is 0 Å². The van der Waals surface area contributed by atoms with E-state index in [4.69, 9.17) is 0 Å². The zero-order valence-electron chi connectivity index (χ0n) is 17.1. The Morgan fingerprint density at radius 3 is 0.762 bits per heavy atom. The van der Waals surface area contributed by atoms with Crippen LogP contribution in [0.3, 0.4) is 0 Å². The SMILES string of the molecule is C[Si](C)(C)[Si]1([Si](C)(C)C)CCC[Si]1([Si](C)(C)C)[Si](C)(C)C. The van der Waals surface area contributed by atoms with Crippen molar-refractivity contribution in [2.75, 3.05) is 0 Å². The van der Waals surface area contributed by atoms with Crippen LogP contribution in [-0.2, 0) is 0 Å². The summed E-state index contributed by atoms with van der Waals surface area (Å²) in [5, 5.41) is 0. The van der Waals surface area contributed by atoms with E-state index in [1.807, 2.05) is 0 Å². The van der Waals surface area contributed by atoms with Gasteiger partial charge >= 0.3 is 0 Å². The molecule has 1 fully saturated rings. The lowest BCUT2D eigenvalue weighted by Crippen LogP contribution is -2.94. The lowest BCUT2D eigenvalue weighted by Gasteiger charge is -2.66. The van der Waals surface area contributed by atoms with Crippen LogP contribution in [0.25, 0.3) is 0 Å². The average Bonchev–Trinajstić information content (AvgIpc) is 2.53. The molecule has 0 bridgehead atoms. The Labute approximate surface area is 140 Å². The second kappa shape index (κ2) is 5.41. The fourth-order valence-electron chi connectivity index (χ4n) is 7.36. The van der Waals surface area contributed by atoms with Crippen molar-refractivity contribution >= 4 is 43.6 Å². The smallest absolute Gasteiger partial charge is 0.0333 e. The van der Waals surface area contributed by atoms with E-state index in [2.05, 4.69) is 78.6 Å². The summed E-state index contributed by atoms with van der Waals surface area (Å²) in [6.45, 7) is 31.6. The Balaban J connectivity index is 3.86. The van der Waals surface area contributed by atoms with Crippen LogP contribution in [0.5, 0.6) is 0 Å². The average molecular weight is 391 g/mol. The Kier molecular flexibility index (Phi) is 5.24. The van der Waals surface area contributed by atoms with Crippen molar-refractivity contribution in [2.45, 2.75) is 97.1 Å². The van der Waals surface area contributed by atoms with Crippen molar-refractivity contribution in [3.05, 3.63) is 0 Å². The summed E-state index contributed by atoms with van der Waals surface area (Å²) in [5.41, 5.74) is 0. The second-order valence-electron chi connectivity index (χ2n) is 11.7. The van der Waals surface area contributed by atoms with Crippen molar-refractivity contribution in [3.63, 3.8) is 0 Å². The quantitative estimate of drug-likeness (QED) is 0.514. The predicted molar refractivity (Wildman–Crippen MR) is 119 cm³/mol. The Morgan fingerprint density at radius 2 is 0.619 bits per heavy atom. The third-order valence-electron chi connectivity index (χ3n) is 6.95. The van der Waals surface area contributed by atoms with Crippen molar-refractivity contribution in [3.8, 4) is 0 Å². The van der Waals surface area contributed by atoms with E-state index in [-0.39, 0.29) is 0 Å². The van der Waals surface area contributed by atoms with Crippen LogP contribution in [-0.4, -0.2) is 43.6 Å². The highest BCUT2D eigenvalue weighted by Gasteiger charge is 2.75. The third-order valence-corrected chi connectivity index (χ3v) is 139. The van der Waals surface area contributed by atoms with Gasteiger partial charge in [-0.2, -0.15) is 0 Å². The molecule has 0 aromatic rings. The van der Waals surface area contributed by atoms with Gasteiger partial charge in [-0.05, 0) is 0 Å². The molecule has 1 heterocycles. The molecule has 0 nitrogen and oxygen atoms in total. The van der Waals surface area contributed by atoms with Gasteiger partial charge in [0.1, 0.15) is 0 Å². The first-order valence-electron chi connectivity index (χ1n) is 8.96. The Morgan fingerprint density at radius 1 is 0.429 bits per heavy atom. The topological polar surface area (TPSA) is 0 Å². The molecule has 1 rings (SSSR count). The highest BCUT2D eigenvalue weighted by molar-refractivity contribution is 8.09. The molecule has 1 saturated heterocycles. The van der Waals surface area contributed by atoms with Gasteiger partial charge in [0, 0.05) is 43.6 Å². The summed E-state index contributed by atoms with van der Waals surface area (Å²) < 4.78 is 0. The van der Waals surface area contributed by atoms with Gasteiger partial charge in [0.25, 0.3) is 0 Å². The molecule has 0 spiro atoms. The van der Waals surface area contributed by atoms with Gasteiger partial charge in [0.15, 0.2) is 0 Å². The first kappa shape index (κ1) is 20.3. The standard InChI is InChI=1S/C15H42Si6/c1-16(2,3)20(17(4,5)6)14-13-15-21(20,18(7,8)9)19(10,11)12/h13-15H2,1-12H3. The van der Waals surface area contributed by atoms with Crippen molar-refractivity contribution in [1.82, 2.24) is 0 Å². The van der Waals surface area contributed by atoms with Gasteiger partial charge in [-0.25, -0.2) is 0 Å². The van der Waals surface area contributed by atoms with Crippen LogP contribution < -0.4 is 0 Å². The van der Waals surface area contributed by atoms with Crippen molar-refractivity contribution in [1.29, 1.82) is 0 Å². The van der Waals surface area contributed by atoms with Gasteiger partial charge in [-0.1, -0.05) is 97.1 Å². The molecule has 0 aromatic carbocycles. The van der Waals surface area contributed by atoms with E-state index in [0.717, 1.165) is 0 Å². The zero-order chi connectivity index (χ0) is 17.1. The van der Waals surface area contributed by atoms with Crippen LogP contribution in [0, 0.1) is 0 Å². The summed E-state index contributed by atoms with van der Waals surface area (Å²) in [6, 6.07) is 3.53. The number of rotatable bonds is 4. The molecular weight excluding hydrogens is 349 g/mol. The molecule has 6 heteroatoms. The molecule has 1 aliphatic rings. The summed E-state index contributed by atoms with van der Waals surface area (Å²) in [5.74, 6) is 0. The zero-order valence-corrected chi connectivity index (χ0v) is 23.1. The minimum atomic E-state index is -1.05. The van der Waals surface area contributed by atoms with Crippen LogP contribution in [0.2, 0.25) is 90.7 Å². The van der Waals surface area contributed by atoms with Crippen LogP contribution in [0.1, 0.15) is 6.42 Å². The first-order valence-corrected chi connectivity index (χ1v) is 32.4. The molecule has 21 heavy (non-hydrogen) atoms. The number of hydrogen-bond acceptors (Lipinski definition) is 0. The molecule has 0 atom stereocenters. The molecule has 126 valence electrons. The maximum atomic E-state index is 2.81. The summed E-state index contributed by atoms with van der Waals surface area (Å²) >= 11 is 0. The summed E-state index contributed by atoms with van der Waals surface area (Å²) in [6.07, 6.45) is 1.64. The lowest BCUT2D eigenvalue weighted by molar-refractivity contribution is 1.08. The first-order chi connectivity index (χ1) is 8.96. The maximum absolute atomic E-state index is 2.81. The highest BCUT2D eigenvalue weighted by atomic mass is 30.2. The molecule has 0 radical (unpaired) electrons. The molecule has 1 aliphatic heterocycles. The minimum absolute atomic E-state index is 1.03.